The minimum Gasteiger partial charge on any atom is -0.481 e. The van der Waals surface area contributed by atoms with Gasteiger partial charge in [0.15, 0.2) is 5.78 Å². The van der Waals surface area contributed by atoms with Crippen molar-refractivity contribution in [1.82, 2.24) is 0 Å². The fraction of sp³-hybridized carbons (Fsp3) is 0.364. The minimum atomic E-state index is -0.856. The molecule has 2 aromatic rings. The minimum absolute atomic E-state index is 0.00503. The van der Waals surface area contributed by atoms with Gasteiger partial charge in [0.05, 0.1) is 5.92 Å². The van der Waals surface area contributed by atoms with Crippen molar-refractivity contribution < 1.29 is 14.7 Å². The number of carbonyl (C=O) groups excluding carboxylic acids is 1. The van der Waals surface area contributed by atoms with Gasteiger partial charge in [0.2, 0.25) is 0 Å². The number of carbonyl (C=O) groups is 2. The molecule has 3 heteroatoms. The number of aryl methyl sites for hydroxylation is 1. The average molecular weight is 338 g/mol. The van der Waals surface area contributed by atoms with Gasteiger partial charge in [-0.05, 0) is 36.0 Å². The van der Waals surface area contributed by atoms with E-state index in [0.29, 0.717) is 12.0 Å². The van der Waals surface area contributed by atoms with E-state index in [9.17, 15) is 9.59 Å². The lowest BCUT2D eigenvalue weighted by molar-refractivity contribution is -0.141. The van der Waals surface area contributed by atoms with Crippen LogP contribution in [0.1, 0.15) is 55.5 Å². The van der Waals surface area contributed by atoms with Crippen LogP contribution in [0.3, 0.4) is 0 Å². The van der Waals surface area contributed by atoms with E-state index in [4.69, 9.17) is 5.11 Å². The van der Waals surface area contributed by atoms with E-state index >= 15 is 0 Å². The molecular weight excluding hydrogens is 312 g/mol. The lowest BCUT2D eigenvalue weighted by Gasteiger charge is -2.07. The summed E-state index contributed by atoms with van der Waals surface area (Å²) in [4.78, 5) is 23.0. The SMILES string of the molecule is CCCCc1ccc(-c2ccc(C(=O)CCC(C)C(=O)O)cc2)cc1. The number of hydrogen-bond donors (Lipinski definition) is 1. The van der Waals surface area contributed by atoms with Gasteiger partial charge in [0, 0.05) is 12.0 Å². The third kappa shape index (κ3) is 5.56. The Labute approximate surface area is 149 Å². The topological polar surface area (TPSA) is 54.4 Å². The average Bonchev–Trinajstić information content (AvgIpc) is 2.64. The number of hydrogen-bond acceptors (Lipinski definition) is 2. The van der Waals surface area contributed by atoms with Crippen LogP contribution in [0.4, 0.5) is 0 Å². The first-order valence-electron chi connectivity index (χ1n) is 8.96. The van der Waals surface area contributed by atoms with Crippen molar-refractivity contribution in [2.45, 2.75) is 46.0 Å². The summed E-state index contributed by atoms with van der Waals surface area (Å²) in [5, 5.41) is 8.88. The third-order valence-corrected chi connectivity index (χ3v) is 4.54. The Morgan fingerprint density at radius 2 is 1.52 bits per heavy atom. The molecule has 0 heterocycles. The van der Waals surface area contributed by atoms with E-state index in [1.165, 1.54) is 18.4 Å². The summed E-state index contributed by atoms with van der Waals surface area (Å²) < 4.78 is 0. The lowest BCUT2D eigenvalue weighted by atomic mass is 9.97. The van der Waals surface area contributed by atoms with Crippen molar-refractivity contribution in [2.75, 3.05) is 0 Å². The summed E-state index contributed by atoms with van der Waals surface area (Å²) >= 11 is 0. The van der Waals surface area contributed by atoms with Crippen molar-refractivity contribution in [3.63, 3.8) is 0 Å². The Morgan fingerprint density at radius 3 is 2.04 bits per heavy atom. The molecule has 2 aromatic carbocycles. The predicted molar refractivity (Wildman–Crippen MR) is 101 cm³/mol. The van der Waals surface area contributed by atoms with Crippen molar-refractivity contribution >= 4 is 11.8 Å². The van der Waals surface area contributed by atoms with Crippen molar-refractivity contribution in [1.29, 1.82) is 0 Å². The first kappa shape index (κ1) is 18.9. The molecule has 0 fully saturated rings. The first-order valence-corrected chi connectivity index (χ1v) is 8.96. The molecule has 0 saturated carbocycles. The summed E-state index contributed by atoms with van der Waals surface area (Å²) in [5.74, 6) is -1.35. The highest BCUT2D eigenvalue weighted by atomic mass is 16.4. The normalized spacial score (nSPS) is 11.9. The van der Waals surface area contributed by atoms with Crippen LogP contribution in [0, 0.1) is 5.92 Å². The zero-order valence-corrected chi connectivity index (χ0v) is 15.0. The highest BCUT2D eigenvalue weighted by molar-refractivity contribution is 5.96. The Hall–Kier alpha value is -2.42. The van der Waals surface area contributed by atoms with Crippen LogP contribution >= 0.6 is 0 Å². The van der Waals surface area contributed by atoms with Gasteiger partial charge in [-0.25, -0.2) is 0 Å². The molecule has 0 amide bonds. The molecule has 0 bridgehead atoms. The van der Waals surface area contributed by atoms with Gasteiger partial charge in [0.25, 0.3) is 0 Å². The summed E-state index contributed by atoms with van der Waals surface area (Å²) in [6, 6.07) is 16.1. The van der Waals surface area contributed by atoms with Crippen LogP contribution in [0.25, 0.3) is 11.1 Å². The quantitative estimate of drug-likeness (QED) is 0.625. The second-order valence-corrected chi connectivity index (χ2v) is 6.58. The second-order valence-electron chi connectivity index (χ2n) is 6.58. The van der Waals surface area contributed by atoms with Crippen molar-refractivity contribution in [3.8, 4) is 11.1 Å². The molecule has 1 unspecified atom stereocenters. The molecule has 132 valence electrons. The number of unbranched alkanes of at least 4 members (excludes halogenated alkanes) is 1. The molecule has 1 N–H and O–H groups in total. The van der Waals surface area contributed by atoms with E-state index in [1.807, 2.05) is 24.3 Å². The van der Waals surface area contributed by atoms with Crippen LogP contribution in [0.2, 0.25) is 0 Å². The Bertz CT molecular complexity index is 699. The highest BCUT2D eigenvalue weighted by Gasteiger charge is 2.14. The first-order chi connectivity index (χ1) is 12.0. The summed E-state index contributed by atoms with van der Waals surface area (Å²) in [6.07, 6.45) is 4.15. The zero-order valence-electron chi connectivity index (χ0n) is 15.0. The standard InChI is InChI=1S/C22H26O3/c1-3-4-5-17-7-9-18(10-8-17)19-11-13-20(14-12-19)21(23)15-6-16(2)22(24)25/h7-14,16H,3-6,15H2,1-2H3,(H,24,25). The summed E-state index contributed by atoms with van der Waals surface area (Å²) in [7, 11) is 0. The fourth-order valence-corrected chi connectivity index (χ4v) is 2.71. The largest absolute Gasteiger partial charge is 0.481 e. The third-order valence-electron chi connectivity index (χ3n) is 4.54. The van der Waals surface area contributed by atoms with Gasteiger partial charge in [-0.2, -0.15) is 0 Å². The predicted octanol–water partition coefficient (Wildman–Crippen LogP) is 5.38. The van der Waals surface area contributed by atoms with E-state index in [2.05, 4.69) is 31.2 Å². The number of carboxylic acids is 1. The maximum absolute atomic E-state index is 12.2. The van der Waals surface area contributed by atoms with Crippen LogP contribution in [-0.2, 0) is 11.2 Å². The van der Waals surface area contributed by atoms with E-state index in [0.717, 1.165) is 17.5 Å². The van der Waals surface area contributed by atoms with Gasteiger partial charge in [-0.1, -0.05) is 68.8 Å². The van der Waals surface area contributed by atoms with E-state index < -0.39 is 11.9 Å². The molecule has 0 saturated heterocycles. The molecule has 0 radical (unpaired) electrons. The monoisotopic (exact) mass is 338 g/mol. The van der Waals surface area contributed by atoms with Crippen LogP contribution in [0.15, 0.2) is 48.5 Å². The summed E-state index contributed by atoms with van der Waals surface area (Å²) in [5.41, 5.74) is 4.21. The molecule has 2 rings (SSSR count). The highest BCUT2D eigenvalue weighted by Crippen LogP contribution is 2.22. The maximum atomic E-state index is 12.2. The number of aliphatic carboxylic acids is 1. The van der Waals surface area contributed by atoms with Crippen LogP contribution in [-0.4, -0.2) is 16.9 Å². The van der Waals surface area contributed by atoms with Crippen LogP contribution < -0.4 is 0 Å². The Balaban J connectivity index is 1.99. The van der Waals surface area contributed by atoms with Gasteiger partial charge in [0.1, 0.15) is 0 Å². The van der Waals surface area contributed by atoms with Gasteiger partial charge in [-0.3, -0.25) is 9.59 Å². The van der Waals surface area contributed by atoms with Crippen molar-refractivity contribution in [3.05, 3.63) is 59.7 Å². The van der Waals surface area contributed by atoms with Crippen molar-refractivity contribution in [2.24, 2.45) is 5.92 Å². The summed E-state index contributed by atoms with van der Waals surface area (Å²) in [6.45, 7) is 3.82. The second kappa shape index (κ2) is 9.16. The van der Waals surface area contributed by atoms with Gasteiger partial charge in [-0.15, -0.1) is 0 Å². The smallest absolute Gasteiger partial charge is 0.306 e. The van der Waals surface area contributed by atoms with Gasteiger partial charge >= 0.3 is 5.97 Å². The van der Waals surface area contributed by atoms with E-state index in [-0.39, 0.29) is 12.2 Å². The number of benzene rings is 2. The molecule has 0 aromatic heterocycles. The molecule has 25 heavy (non-hydrogen) atoms. The molecule has 0 aliphatic heterocycles. The maximum Gasteiger partial charge on any atom is 0.306 e. The number of Topliss-reactive ketones (excluding diaryl/α,β-unsaturated/α-hetero) is 1. The lowest BCUT2D eigenvalue weighted by Crippen LogP contribution is -2.11. The Morgan fingerprint density at radius 1 is 0.960 bits per heavy atom. The zero-order chi connectivity index (χ0) is 18.2. The van der Waals surface area contributed by atoms with Gasteiger partial charge < -0.3 is 5.11 Å². The number of carboxylic acid groups (broad SMARTS) is 1. The Kier molecular flexibility index (Phi) is 6.93. The molecule has 0 aliphatic rings. The number of ketones is 1. The molecule has 0 spiro atoms. The van der Waals surface area contributed by atoms with E-state index in [1.54, 1.807) is 6.92 Å². The molecule has 1 atom stereocenters. The molecule has 0 aliphatic carbocycles. The molecular formula is C22H26O3. The fourth-order valence-electron chi connectivity index (χ4n) is 2.71. The molecule has 3 nitrogen and oxygen atoms in total. The van der Waals surface area contributed by atoms with Crippen LogP contribution in [0.5, 0.6) is 0 Å². The number of rotatable bonds is 9.